The third-order valence-electron chi connectivity index (χ3n) is 2.76. The van der Waals surface area contributed by atoms with Crippen molar-refractivity contribution >= 4 is 11.0 Å². The molecule has 0 amide bonds. The maximum atomic E-state index is 12.8. The number of fused-ring (bicyclic) bond motifs is 1. The third kappa shape index (κ3) is 1.69. The number of hydrogen-bond acceptors (Lipinski definition) is 2. The lowest BCUT2D eigenvalue weighted by molar-refractivity contribution is 0.628. The minimum Gasteiger partial charge on any atom is -0.349 e. The molecule has 4 nitrogen and oxygen atoms in total. The van der Waals surface area contributed by atoms with Gasteiger partial charge in [-0.05, 0) is 42.8 Å². The zero-order valence-corrected chi connectivity index (χ0v) is 9.62. The molecule has 3 rings (SSSR count). The Morgan fingerprint density at radius 1 is 1.17 bits per heavy atom. The molecule has 0 unspecified atom stereocenters. The van der Waals surface area contributed by atoms with Gasteiger partial charge < -0.3 is 9.97 Å². The van der Waals surface area contributed by atoms with Crippen LogP contribution in [0.2, 0.25) is 0 Å². The van der Waals surface area contributed by atoms with Gasteiger partial charge in [-0.15, -0.1) is 0 Å². The molecule has 0 fully saturated rings. The molecule has 0 aliphatic carbocycles. The van der Waals surface area contributed by atoms with Crippen molar-refractivity contribution in [3.05, 3.63) is 52.3 Å². The number of benzene rings is 1. The Bertz CT molecular complexity index is 771. The second-order valence-electron chi connectivity index (χ2n) is 4.10. The first-order chi connectivity index (χ1) is 8.63. The van der Waals surface area contributed by atoms with Crippen molar-refractivity contribution in [3.8, 4) is 11.3 Å². The smallest absolute Gasteiger partial charge is 0.275 e. The van der Waals surface area contributed by atoms with E-state index in [-0.39, 0.29) is 11.4 Å². The van der Waals surface area contributed by atoms with Crippen LogP contribution < -0.4 is 5.56 Å². The molecule has 0 aliphatic rings. The highest BCUT2D eigenvalue weighted by atomic mass is 19.1. The maximum Gasteiger partial charge on any atom is 0.275 e. The first kappa shape index (κ1) is 10.7. The molecule has 0 aliphatic heterocycles. The van der Waals surface area contributed by atoms with Gasteiger partial charge in [-0.1, -0.05) is 0 Å². The van der Waals surface area contributed by atoms with E-state index < -0.39 is 0 Å². The molecule has 0 saturated carbocycles. The van der Waals surface area contributed by atoms with Gasteiger partial charge in [0.2, 0.25) is 0 Å². The number of H-pyrrole nitrogens is 2. The minimum atomic E-state index is -0.290. The fraction of sp³-hybridized carbons (Fsp3) is 0.0769. The summed E-state index contributed by atoms with van der Waals surface area (Å²) in [5, 5.41) is 0. The summed E-state index contributed by atoms with van der Waals surface area (Å²) < 4.78 is 12.8. The van der Waals surface area contributed by atoms with Crippen LogP contribution in [0.25, 0.3) is 22.3 Å². The van der Waals surface area contributed by atoms with Crippen LogP contribution in [0.1, 0.15) is 5.82 Å². The number of hydrogen-bond donors (Lipinski definition) is 2. The quantitative estimate of drug-likeness (QED) is 0.689. The fourth-order valence-corrected chi connectivity index (χ4v) is 1.93. The Labute approximate surface area is 102 Å². The van der Waals surface area contributed by atoms with E-state index in [9.17, 15) is 9.18 Å². The van der Waals surface area contributed by atoms with Crippen LogP contribution in [-0.2, 0) is 0 Å². The minimum absolute atomic E-state index is 0.203. The predicted octanol–water partition coefficient (Wildman–Crippen LogP) is 2.37. The van der Waals surface area contributed by atoms with Gasteiger partial charge in [0.1, 0.15) is 17.2 Å². The molecule has 3 aromatic rings. The number of rotatable bonds is 1. The van der Waals surface area contributed by atoms with Crippen molar-refractivity contribution in [2.24, 2.45) is 0 Å². The summed E-state index contributed by atoms with van der Waals surface area (Å²) in [6, 6.07) is 7.85. The Hall–Kier alpha value is -2.43. The van der Waals surface area contributed by atoms with E-state index in [0.717, 1.165) is 11.3 Å². The van der Waals surface area contributed by atoms with Gasteiger partial charge >= 0.3 is 0 Å². The second kappa shape index (κ2) is 3.80. The lowest BCUT2D eigenvalue weighted by Crippen LogP contribution is -2.09. The van der Waals surface area contributed by atoms with Crippen molar-refractivity contribution in [3.63, 3.8) is 0 Å². The molecule has 5 heteroatoms. The molecule has 2 aromatic heterocycles. The van der Waals surface area contributed by atoms with E-state index >= 15 is 0 Å². The highest BCUT2D eigenvalue weighted by molar-refractivity contribution is 5.81. The third-order valence-corrected chi connectivity index (χ3v) is 2.76. The lowest BCUT2D eigenvalue weighted by Gasteiger charge is -1.96. The van der Waals surface area contributed by atoms with Crippen molar-refractivity contribution in [1.82, 2.24) is 15.0 Å². The molecule has 90 valence electrons. The molecule has 0 spiro atoms. The number of aromatic amines is 2. The van der Waals surface area contributed by atoms with Gasteiger partial charge in [-0.3, -0.25) is 4.79 Å². The van der Waals surface area contributed by atoms with E-state index in [2.05, 4.69) is 15.0 Å². The SMILES string of the molecule is Cc1nc2cc(-c3ccc(F)cc3)[nH]c2c(=O)[nH]1. The van der Waals surface area contributed by atoms with Crippen LogP contribution >= 0.6 is 0 Å². The largest absolute Gasteiger partial charge is 0.349 e. The molecule has 2 N–H and O–H groups in total. The molecule has 0 atom stereocenters. The number of nitrogens with one attached hydrogen (secondary N) is 2. The van der Waals surface area contributed by atoms with E-state index in [4.69, 9.17) is 0 Å². The second-order valence-corrected chi connectivity index (χ2v) is 4.10. The summed E-state index contributed by atoms with van der Waals surface area (Å²) in [5.41, 5.74) is 2.39. The van der Waals surface area contributed by atoms with E-state index in [0.29, 0.717) is 16.9 Å². The zero-order chi connectivity index (χ0) is 12.7. The summed E-state index contributed by atoms with van der Waals surface area (Å²) in [7, 11) is 0. The Morgan fingerprint density at radius 3 is 2.61 bits per heavy atom. The first-order valence-corrected chi connectivity index (χ1v) is 5.49. The molecule has 0 bridgehead atoms. The fourth-order valence-electron chi connectivity index (χ4n) is 1.93. The van der Waals surface area contributed by atoms with Crippen LogP contribution in [0.4, 0.5) is 4.39 Å². The molecular weight excluding hydrogens is 233 g/mol. The highest BCUT2D eigenvalue weighted by Gasteiger charge is 2.08. The number of aromatic nitrogens is 3. The number of nitrogens with zero attached hydrogens (tertiary/aromatic N) is 1. The normalized spacial score (nSPS) is 11.0. The molecule has 1 aromatic carbocycles. The molecular formula is C13H10FN3O. The van der Waals surface area contributed by atoms with Crippen LogP contribution in [-0.4, -0.2) is 15.0 Å². The van der Waals surface area contributed by atoms with Crippen LogP contribution in [0.3, 0.4) is 0 Å². The van der Waals surface area contributed by atoms with Gasteiger partial charge in [0.15, 0.2) is 0 Å². The molecule has 18 heavy (non-hydrogen) atoms. The first-order valence-electron chi connectivity index (χ1n) is 5.49. The van der Waals surface area contributed by atoms with Gasteiger partial charge in [-0.25, -0.2) is 9.37 Å². The van der Waals surface area contributed by atoms with Gasteiger partial charge in [0.05, 0.1) is 5.52 Å². The summed E-state index contributed by atoms with van der Waals surface area (Å²) in [6.07, 6.45) is 0. The number of aryl methyl sites for hydroxylation is 1. The maximum absolute atomic E-state index is 12.8. The Morgan fingerprint density at radius 2 is 1.89 bits per heavy atom. The summed E-state index contributed by atoms with van der Waals surface area (Å²) in [4.78, 5) is 21.6. The van der Waals surface area contributed by atoms with Crippen LogP contribution in [0, 0.1) is 12.7 Å². The number of halogens is 1. The van der Waals surface area contributed by atoms with Crippen LogP contribution in [0.15, 0.2) is 35.1 Å². The average Bonchev–Trinajstić information content (AvgIpc) is 2.74. The van der Waals surface area contributed by atoms with Gasteiger partial charge in [0, 0.05) is 5.69 Å². The summed E-state index contributed by atoms with van der Waals surface area (Å²) in [5.74, 6) is 0.277. The standard InChI is InChI=1S/C13H10FN3O/c1-7-15-11-6-10(17-12(11)13(18)16-7)8-2-4-9(14)5-3-8/h2-6,17H,1H3,(H,15,16,18). The lowest BCUT2D eigenvalue weighted by atomic mass is 10.1. The Kier molecular flexibility index (Phi) is 2.26. The zero-order valence-electron chi connectivity index (χ0n) is 9.62. The van der Waals surface area contributed by atoms with Crippen molar-refractivity contribution in [2.75, 3.05) is 0 Å². The van der Waals surface area contributed by atoms with Crippen molar-refractivity contribution in [1.29, 1.82) is 0 Å². The highest BCUT2D eigenvalue weighted by Crippen LogP contribution is 2.21. The summed E-state index contributed by atoms with van der Waals surface area (Å²) >= 11 is 0. The predicted molar refractivity (Wildman–Crippen MR) is 66.8 cm³/mol. The van der Waals surface area contributed by atoms with Crippen molar-refractivity contribution in [2.45, 2.75) is 6.92 Å². The van der Waals surface area contributed by atoms with E-state index in [1.54, 1.807) is 25.1 Å². The topological polar surface area (TPSA) is 61.5 Å². The van der Waals surface area contributed by atoms with Gasteiger partial charge in [0.25, 0.3) is 5.56 Å². The molecule has 0 saturated heterocycles. The van der Waals surface area contributed by atoms with E-state index in [1.165, 1.54) is 12.1 Å². The summed E-state index contributed by atoms with van der Waals surface area (Å²) in [6.45, 7) is 1.73. The monoisotopic (exact) mass is 243 g/mol. The van der Waals surface area contributed by atoms with Crippen LogP contribution in [0.5, 0.6) is 0 Å². The van der Waals surface area contributed by atoms with Gasteiger partial charge in [-0.2, -0.15) is 0 Å². The average molecular weight is 243 g/mol. The Balaban J connectivity index is 2.22. The van der Waals surface area contributed by atoms with E-state index in [1.807, 2.05) is 0 Å². The molecule has 2 heterocycles. The molecule has 0 radical (unpaired) electrons. The van der Waals surface area contributed by atoms with Crippen molar-refractivity contribution < 1.29 is 4.39 Å².